The molecule has 24 heavy (non-hydrogen) atoms. The number of esters is 1. The van der Waals surface area contributed by atoms with E-state index in [-0.39, 0.29) is 11.2 Å². The maximum atomic E-state index is 14.1. The van der Waals surface area contributed by atoms with Crippen LogP contribution in [0.3, 0.4) is 0 Å². The third-order valence-electron chi connectivity index (χ3n) is 3.69. The summed E-state index contributed by atoms with van der Waals surface area (Å²) in [7, 11) is 1.27. The van der Waals surface area contributed by atoms with Crippen molar-refractivity contribution in [1.29, 1.82) is 0 Å². The Balaban J connectivity index is 2.18. The second kappa shape index (κ2) is 6.28. The lowest BCUT2D eigenvalue weighted by atomic mass is 10.1. The highest BCUT2D eigenvalue weighted by Gasteiger charge is 2.15. The number of aryl methyl sites for hydroxylation is 2. The number of methoxy groups -OCH3 is 1. The number of hydrogen-bond acceptors (Lipinski definition) is 4. The van der Waals surface area contributed by atoms with E-state index in [1.54, 1.807) is 18.2 Å². The topological polar surface area (TPSA) is 51.2 Å². The predicted molar refractivity (Wildman–Crippen MR) is 92.2 cm³/mol. The van der Waals surface area contributed by atoms with Crippen LogP contribution in [0.1, 0.15) is 21.6 Å². The molecule has 3 aromatic rings. The van der Waals surface area contributed by atoms with Crippen LogP contribution in [0.15, 0.2) is 42.5 Å². The summed E-state index contributed by atoms with van der Waals surface area (Å²) in [6.45, 7) is 4.00. The first-order chi connectivity index (χ1) is 11.5. The van der Waals surface area contributed by atoms with E-state index in [4.69, 9.17) is 4.74 Å². The van der Waals surface area contributed by atoms with E-state index >= 15 is 0 Å². The van der Waals surface area contributed by atoms with Crippen LogP contribution < -0.4 is 5.32 Å². The number of carbonyl (C=O) groups excluding carboxylic acids is 1. The quantitative estimate of drug-likeness (QED) is 0.720. The molecule has 3 rings (SSSR count). The summed E-state index contributed by atoms with van der Waals surface area (Å²) in [5, 5.41) is 3.86. The number of benzene rings is 2. The molecule has 1 aromatic heterocycles. The number of pyridine rings is 1. The molecule has 0 fully saturated rings. The molecule has 0 atom stereocenters. The molecule has 0 aliphatic rings. The summed E-state index contributed by atoms with van der Waals surface area (Å²) in [4.78, 5) is 15.9. The van der Waals surface area contributed by atoms with Crippen LogP contribution in [-0.2, 0) is 4.74 Å². The third kappa shape index (κ3) is 3.06. The number of hydrogen-bond donors (Lipinski definition) is 1. The molecule has 0 spiro atoms. The molecule has 1 heterocycles. The number of ether oxygens (including phenoxy) is 1. The summed E-state index contributed by atoms with van der Waals surface area (Å²) in [6, 6.07) is 12.3. The zero-order valence-corrected chi connectivity index (χ0v) is 13.7. The summed E-state index contributed by atoms with van der Waals surface area (Å²) in [5.74, 6) is -1.09. The molecule has 0 aliphatic heterocycles. The highest BCUT2D eigenvalue weighted by atomic mass is 19.1. The molecule has 0 saturated carbocycles. The summed E-state index contributed by atoms with van der Waals surface area (Å²) in [6.07, 6.45) is 0. The number of fused-ring (bicyclic) bond motifs is 1. The molecule has 5 heteroatoms. The van der Waals surface area contributed by atoms with Crippen molar-refractivity contribution < 1.29 is 13.9 Å². The number of nitrogens with zero attached hydrogens (tertiary/aromatic N) is 1. The van der Waals surface area contributed by atoms with Crippen LogP contribution in [0, 0.1) is 19.7 Å². The van der Waals surface area contributed by atoms with Gasteiger partial charge in [0.25, 0.3) is 0 Å². The molecular formula is C19H17FN2O2. The number of carbonyl (C=O) groups is 1. The van der Waals surface area contributed by atoms with Crippen molar-refractivity contribution in [3.05, 3.63) is 65.1 Å². The Morgan fingerprint density at radius 2 is 1.83 bits per heavy atom. The Morgan fingerprint density at radius 3 is 2.50 bits per heavy atom. The molecule has 1 N–H and O–H groups in total. The van der Waals surface area contributed by atoms with Crippen molar-refractivity contribution in [1.82, 2.24) is 4.98 Å². The molecular weight excluding hydrogens is 307 g/mol. The van der Waals surface area contributed by atoms with E-state index in [0.717, 1.165) is 16.8 Å². The summed E-state index contributed by atoms with van der Waals surface area (Å²) >= 11 is 0. The Bertz CT molecular complexity index is 918. The van der Waals surface area contributed by atoms with Gasteiger partial charge in [-0.25, -0.2) is 14.2 Å². The number of halogens is 1. The van der Waals surface area contributed by atoms with E-state index < -0.39 is 11.8 Å². The molecule has 0 amide bonds. The number of para-hydroxylation sites is 1. The van der Waals surface area contributed by atoms with Gasteiger partial charge in [-0.2, -0.15) is 0 Å². The predicted octanol–water partition coefficient (Wildman–Crippen LogP) is 4.52. The van der Waals surface area contributed by atoms with E-state index in [9.17, 15) is 9.18 Å². The van der Waals surface area contributed by atoms with Gasteiger partial charge < -0.3 is 10.1 Å². The van der Waals surface area contributed by atoms with Crippen molar-refractivity contribution >= 4 is 28.2 Å². The Hall–Kier alpha value is -2.95. The van der Waals surface area contributed by atoms with Crippen LogP contribution >= 0.6 is 0 Å². The standard InChI is InChI=1S/C19H17FN2O2/c1-11-7-12(2)9-13(8-11)21-16-10-17(19(23)24-3)22-18-14(16)5-4-6-15(18)20/h4-10H,1-3H3,(H,21,22). The number of aromatic nitrogens is 1. The fourth-order valence-corrected chi connectivity index (χ4v) is 2.73. The van der Waals surface area contributed by atoms with E-state index in [2.05, 4.69) is 16.4 Å². The molecule has 0 aliphatic carbocycles. The van der Waals surface area contributed by atoms with Gasteiger partial charge in [0.15, 0.2) is 5.69 Å². The Labute approximate surface area is 139 Å². The first kappa shape index (κ1) is 15.9. The fraction of sp³-hybridized carbons (Fsp3) is 0.158. The zero-order valence-electron chi connectivity index (χ0n) is 13.7. The maximum Gasteiger partial charge on any atom is 0.356 e. The van der Waals surface area contributed by atoms with E-state index in [0.29, 0.717) is 11.1 Å². The minimum atomic E-state index is -0.608. The molecule has 0 saturated heterocycles. The third-order valence-corrected chi connectivity index (χ3v) is 3.69. The fourth-order valence-electron chi connectivity index (χ4n) is 2.73. The van der Waals surface area contributed by atoms with Gasteiger partial charge in [0.2, 0.25) is 0 Å². The minimum absolute atomic E-state index is 0.0574. The lowest BCUT2D eigenvalue weighted by Crippen LogP contribution is -2.06. The van der Waals surface area contributed by atoms with Crippen molar-refractivity contribution in [3.63, 3.8) is 0 Å². The van der Waals surface area contributed by atoms with Crippen molar-refractivity contribution in [2.45, 2.75) is 13.8 Å². The van der Waals surface area contributed by atoms with Gasteiger partial charge in [-0.3, -0.25) is 0 Å². The molecule has 0 radical (unpaired) electrons. The van der Waals surface area contributed by atoms with Crippen molar-refractivity contribution in [2.75, 3.05) is 12.4 Å². The summed E-state index contributed by atoms with van der Waals surface area (Å²) < 4.78 is 18.9. The monoisotopic (exact) mass is 324 g/mol. The summed E-state index contributed by atoms with van der Waals surface area (Å²) in [5.41, 5.74) is 3.87. The van der Waals surface area contributed by atoms with Crippen LogP contribution in [0.25, 0.3) is 10.9 Å². The van der Waals surface area contributed by atoms with Crippen LogP contribution in [-0.4, -0.2) is 18.1 Å². The molecule has 122 valence electrons. The van der Waals surface area contributed by atoms with Crippen LogP contribution in [0.5, 0.6) is 0 Å². The van der Waals surface area contributed by atoms with Crippen molar-refractivity contribution in [3.8, 4) is 0 Å². The highest BCUT2D eigenvalue weighted by Crippen LogP contribution is 2.29. The molecule has 0 unspecified atom stereocenters. The van der Waals surface area contributed by atoms with Crippen LogP contribution in [0.2, 0.25) is 0 Å². The molecule has 4 nitrogen and oxygen atoms in total. The lowest BCUT2D eigenvalue weighted by Gasteiger charge is -2.13. The van der Waals surface area contributed by atoms with E-state index in [1.165, 1.54) is 13.2 Å². The van der Waals surface area contributed by atoms with Gasteiger partial charge in [-0.05, 0) is 49.2 Å². The highest BCUT2D eigenvalue weighted by molar-refractivity contribution is 5.99. The Morgan fingerprint density at radius 1 is 1.12 bits per heavy atom. The normalized spacial score (nSPS) is 10.7. The smallest absolute Gasteiger partial charge is 0.356 e. The van der Waals surface area contributed by atoms with Gasteiger partial charge in [-0.15, -0.1) is 0 Å². The van der Waals surface area contributed by atoms with Crippen LogP contribution in [0.4, 0.5) is 15.8 Å². The average molecular weight is 324 g/mol. The second-order valence-electron chi connectivity index (χ2n) is 5.68. The largest absolute Gasteiger partial charge is 0.464 e. The molecule has 0 bridgehead atoms. The van der Waals surface area contributed by atoms with Gasteiger partial charge in [0, 0.05) is 11.1 Å². The first-order valence-electron chi connectivity index (χ1n) is 7.51. The van der Waals surface area contributed by atoms with Gasteiger partial charge in [-0.1, -0.05) is 18.2 Å². The number of rotatable bonds is 3. The SMILES string of the molecule is COC(=O)c1cc(Nc2cc(C)cc(C)c2)c2cccc(F)c2n1. The van der Waals surface area contributed by atoms with E-state index in [1.807, 2.05) is 26.0 Å². The minimum Gasteiger partial charge on any atom is -0.464 e. The molecule has 2 aromatic carbocycles. The zero-order chi connectivity index (χ0) is 17.3. The second-order valence-corrected chi connectivity index (χ2v) is 5.68. The maximum absolute atomic E-state index is 14.1. The van der Waals surface area contributed by atoms with Gasteiger partial charge in [0.1, 0.15) is 11.3 Å². The van der Waals surface area contributed by atoms with Gasteiger partial charge in [0.05, 0.1) is 12.8 Å². The first-order valence-corrected chi connectivity index (χ1v) is 7.51. The average Bonchev–Trinajstić information content (AvgIpc) is 2.53. The lowest BCUT2D eigenvalue weighted by molar-refractivity contribution is 0.0594. The Kier molecular flexibility index (Phi) is 4.16. The number of nitrogens with one attached hydrogen (secondary N) is 1. The number of anilines is 2. The van der Waals surface area contributed by atoms with Crippen molar-refractivity contribution in [2.24, 2.45) is 0 Å². The van der Waals surface area contributed by atoms with Gasteiger partial charge >= 0.3 is 5.97 Å².